The molecule has 118 valence electrons. The summed E-state index contributed by atoms with van der Waals surface area (Å²) in [6.45, 7) is -0.391. The summed E-state index contributed by atoms with van der Waals surface area (Å²) >= 11 is 0. The van der Waals surface area contributed by atoms with Crippen LogP contribution in [-0.2, 0) is 16.6 Å². The van der Waals surface area contributed by atoms with Crippen LogP contribution < -0.4 is 5.14 Å². The lowest BCUT2D eigenvalue weighted by atomic mass is 10.1. The number of hydrogen-bond acceptors (Lipinski definition) is 5. The van der Waals surface area contributed by atoms with E-state index in [4.69, 9.17) is 9.56 Å². The highest BCUT2D eigenvalue weighted by Crippen LogP contribution is 2.35. The van der Waals surface area contributed by atoms with Crippen LogP contribution in [0.25, 0.3) is 22.6 Å². The number of aliphatic hydroxyl groups is 1. The maximum absolute atomic E-state index is 11.8. The fraction of sp³-hybridized carbons (Fsp3) is 0.0625. The van der Waals surface area contributed by atoms with E-state index in [1.807, 2.05) is 30.3 Å². The van der Waals surface area contributed by atoms with Gasteiger partial charge in [-0.05, 0) is 12.1 Å². The lowest BCUT2D eigenvalue weighted by molar-refractivity contribution is 0.241. The van der Waals surface area contributed by atoms with Crippen molar-refractivity contribution in [2.24, 2.45) is 5.14 Å². The van der Waals surface area contributed by atoms with Gasteiger partial charge in [0.2, 0.25) is 15.9 Å². The van der Waals surface area contributed by atoms with Crippen LogP contribution in [0.4, 0.5) is 0 Å². The topological polar surface area (TPSA) is 106 Å². The number of benzene rings is 2. The second-order valence-corrected chi connectivity index (χ2v) is 6.38. The summed E-state index contributed by atoms with van der Waals surface area (Å²) in [5.74, 6) is 0.355. The first-order valence-electron chi connectivity index (χ1n) is 6.79. The van der Waals surface area contributed by atoms with Crippen LogP contribution in [0.15, 0.2) is 63.9 Å². The number of nitrogens with two attached hydrogens (primary N) is 1. The van der Waals surface area contributed by atoms with Gasteiger partial charge in [-0.25, -0.2) is 18.5 Å². The van der Waals surface area contributed by atoms with Gasteiger partial charge in [-0.1, -0.05) is 42.5 Å². The SMILES string of the molecule is NS(=O)(=O)c1ccccc1-c1oc(CO)nc1-c1ccccc1. The Bertz CT molecular complexity index is 934. The maximum atomic E-state index is 11.8. The summed E-state index contributed by atoms with van der Waals surface area (Å²) in [6, 6.07) is 15.4. The van der Waals surface area contributed by atoms with Crippen molar-refractivity contribution in [2.45, 2.75) is 11.5 Å². The molecule has 7 heteroatoms. The maximum Gasteiger partial charge on any atom is 0.238 e. The van der Waals surface area contributed by atoms with Crippen molar-refractivity contribution in [2.75, 3.05) is 0 Å². The zero-order valence-electron chi connectivity index (χ0n) is 12.0. The van der Waals surface area contributed by atoms with Crippen molar-refractivity contribution in [1.82, 2.24) is 4.98 Å². The molecule has 0 saturated heterocycles. The zero-order valence-corrected chi connectivity index (χ0v) is 12.8. The van der Waals surface area contributed by atoms with Crippen LogP contribution >= 0.6 is 0 Å². The molecular weight excluding hydrogens is 316 g/mol. The molecule has 6 nitrogen and oxygen atoms in total. The lowest BCUT2D eigenvalue weighted by Crippen LogP contribution is -2.13. The average Bonchev–Trinajstić information content (AvgIpc) is 2.99. The van der Waals surface area contributed by atoms with E-state index in [1.54, 1.807) is 18.2 Å². The molecule has 0 amide bonds. The minimum atomic E-state index is -3.93. The second kappa shape index (κ2) is 5.96. The van der Waals surface area contributed by atoms with Gasteiger partial charge in [0, 0.05) is 11.1 Å². The molecule has 0 bridgehead atoms. The van der Waals surface area contributed by atoms with E-state index < -0.39 is 16.6 Å². The van der Waals surface area contributed by atoms with E-state index in [9.17, 15) is 13.5 Å². The highest BCUT2D eigenvalue weighted by molar-refractivity contribution is 7.89. The van der Waals surface area contributed by atoms with Crippen molar-refractivity contribution in [3.8, 4) is 22.6 Å². The Morgan fingerprint density at radius 2 is 1.70 bits per heavy atom. The minimum Gasteiger partial charge on any atom is -0.437 e. The van der Waals surface area contributed by atoms with E-state index in [-0.39, 0.29) is 16.5 Å². The molecule has 0 aliphatic carbocycles. The van der Waals surface area contributed by atoms with Gasteiger partial charge in [0.15, 0.2) is 5.76 Å². The summed E-state index contributed by atoms with van der Waals surface area (Å²) < 4.78 is 29.2. The van der Waals surface area contributed by atoms with Gasteiger partial charge in [-0.15, -0.1) is 0 Å². The first-order chi connectivity index (χ1) is 11.0. The Kier molecular flexibility index (Phi) is 3.99. The number of nitrogens with zero attached hydrogens (tertiary/aromatic N) is 1. The summed E-state index contributed by atoms with van der Waals surface area (Å²) in [5.41, 5.74) is 1.50. The molecule has 0 saturated carbocycles. The van der Waals surface area contributed by atoms with Crippen molar-refractivity contribution < 1.29 is 17.9 Å². The molecule has 0 radical (unpaired) electrons. The predicted molar refractivity (Wildman–Crippen MR) is 84.7 cm³/mol. The molecule has 0 unspecified atom stereocenters. The van der Waals surface area contributed by atoms with Crippen LogP contribution in [0.1, 0.15) is 5.89 Å². The summed E-state index contributed by atoms with van der Waals surface area (Å²) in [6.07, 6.45) is 0. The zero-order chi connectivity index (χ0) is 16.4. The Morgan fingerprint density at radius 3 is 2.35 bits per heavy atom. The van der Waals surface area contributed by atoms with Crippen molar-refractivity contribution >= 4 is 10.0 Å². The molecule has 0 spiro atoms. The van der Waals surface area contributed by atoms with Crippen molar-refractivity contribution in [3.63, 3.8) is 0 Å². The number of hydrogen-bond donors (Lipinski definition) is 2. The molecular formula is C16H14N2O4S. The Morgan fingerprint density at radius 1 is 1.04 bits per heavy atom. The van der Waals surface area contributed by atoms with Gasteiger partial charge in [-0.2, -0.15) is 0 Å². The van der Waals surface area contributed by atoms with Crippen LogP contribution in [0.2, 0.25) is 0 Å². The van der Waals surface area contributed by atoms with Gasteiger partial charge >= 0.3 is 0 Å². The normalized spacial score (nSPS) is 11.6. The minimum absolute atomic E-state index is 0.0576. The van der Waals surface area contributed by atoms with Gasteiger partial charge in [0.1, 0.15) is 12.3 Å². The van der Waals surface area contributed by atoms with E-state index in [0.29, 0.717) is 11.3 Å². The van der Waals surface area contributed by atoms with Crippen LogP contribution in [0, 0.1) is 0 Å². The van der Waals surface area contributed by atoms with Crippen molar-refractivity contribution in [3.05, 3.63) is 60.5 Å². The van der Waals surface area contributed by atoms with Gasteiger partial charge in [0.05, 0.1) is 4.90 Å². The van der Waals surface area contributed by atoms with E-state index in [1.165, 1.54) is 6.07 Å². The van der Waals surface area contributed by atoms with Crippen LogP contribution in [0.3, 0.4) is 0 Å². The lowest BCUT2D eigenvalue weighted by Gasteiger charge is -2.06. The molecule has 0 atom stereocenters. The van der Waals surface area contributed by atoms with Gasteiger partial charge < -0.3 is 9.52 Å². The third-order valence-electron chi connectivity index (χ3n) is 3.29. The van der Waals surface area contributed by atoms with Crippen molar-refractivity contribution in [1.29, 1.82) is 0 Å². The van der Waals surface area contributed by atoms with Crippen LogP contribution in [-0.4, -0.2) is 18.5 Å². The number of oxazole rings is 1. The summed E-state index contributed by atoms with van der Waals surface area (Å²) in [4.78, 5) is 4.19. The number of primary sulfonamides is 1. The first-order valence-corrected chi connectivity index (χ1v) is 8.33. The fourth-order valence-corrected chi connectivity index (χ4v) is 3.04. The standard InChI is InChI=1S/C16H14N2O4S/c17-23(20,21)13-9-5-4-8-12(13)16-15(18-14(10-19)22-16)11-6-2-1-3-7-11/h1-9,19H,10H2,(H2,17,20,21). The van der Waals surface area contributed by atoms with Gasteiger partial charge in [-0.3, -0.25) is 0 Å². The third kappa shape index (κ3) is 3.02. The molecule has 1 aromatic heterocycles. The molecule has 3 aromatic rings. The third-order valence-corrected chi connectivity index (χ3v) is 4.26. The monoisotopic (exact) mass is 330 g/mol. The molecule has 3 N–H and O–H groups in total. The second-order valence-electron chi connectivity index (χ2n) is 4.85. The molecule has 0 aliphatic heterocycles. The molecule has 1 heterocycles. The first kappa shape index (κ1) is 15.4. The highest BCUT2D eigenvalue weighted by Gasteiger charge is 2.22. The number of aliphatic hydroxyl groups excluding tert-OH is 1. The number of rotatable bonds is 4. The van der Waals surface area contributed by atoms with E-state index >= 15 is 0 Å². The molecule has 0 aliphatic rings. The molecule has 0 fully saturated rings. The molecule has 2 aromatic carbocycles. The number of sulfonamides is 1. The van der Waals surface area contributed by atoms with Crippen LogP contribution in [0.5, 0.6) is 0 Å². The van der Waals surface area contributed by atoms with E-state index in [2.05, 4.69) is 4.98 Å². The summed E-state index contributed by atoms with van der Waals surface area (Å²) in [5, 5.41) is 14.6. The fourth-order valence-electron chi connectivity index (χ4n) is 2.31. The summed E-state index contributed by atoms with van der Waals surface area (Å²) in [7, 11) is -3.93. The molecule has 3 rings (SSSR count). The molecule has 23 heavy (non-hydrogen) atoms. The quantitative estimate of drug-likeness (QED) is 0.762. The number of aromatic nitrogens is 1. The smallest absolute Gasteiger partial charge is 0.238 e. The highest BCUT2D eigenvalue weighted by atomic mass is 32.2. The van der Waals surface area contributed by atoms with Gasteiger partial charge in [0.25, 0.3) is 0 Å². The predicted octanol–water partition coefficient (Wildman–Crippen LogP) is 2.15. The Labute approximate surface area is 133 Å². The average molecular weight is 330 g/mol. The largest absolute Gasteiger partial charge is 0.437 e. The van der Waals surface area contributed by atoms with E-state index in [0.717, 1.165) is 5.56 Å². The Hall–Kier alpha value is -2.48. The Balaban J connectivity index is 2.28.